The van der Waals surface area contributed by atoms with Gasteiger partial charge in [-0.15, -0.1) is 0 Å². The minimum Gasteiger partial charge on any atom is -0.480 e. The number of hydrogen-bond acceptors (Lipinski definition) is 5. The second kappa shape index (κ2) is 5.60. The maximum Gasteiger partial charge on any atom is 0.321 e. The molecule has 16 heavy (non-hydrogen) atoms. The van der Waals surface area contributed by atoms with Gasteiger partial charge in [0.1, 0.15) is 15.9 Å². The van der Waals surface area contributed by atoms with E-state index >= 15 is 0 Å². The molecule has 9 heteroatoms. The van der Waals surface area contributed by atoms with Gasteiger partial charge in [-0.1, -0.05) is 6.92 Å². The Balaban J connectivity index is 4.52. The van der Waals surface area contributed by atoms with Crippen molar-refractivity contribution < 1.29 is 26.7 Å². The Morgan fingerprint density at radius 1 is 1.25 bits per heavy atom. The van der Waals surface area contributed by atoms with E-state index in [1.807, 2.05) is 4.72 Å². The van der Waals surface area contributed by atoms with E-state index in [1.54, 1.807) is 0 Å². The highest BCUT2D eigenvalue weighted by Crippen LogP contribution is 1.97. The Kier molecular flexibility index (Phi) is 5.36. The van der Waals surface area contributed by atoms with Crippen LogP contribution in [0, 0.1) is 0 Å². The van der Waals surface area contributed by atoms with Gasteiger partial charge in [0.15, 0.2) is 0 Å². The molecule has 1 atom stereocenters. The quantitative estimate of drug-likeness (QED) is 0.602. The van der Waals surface area contributed by atoms with Gasteiger partial charge in [-0.3, -0.25) is 4.79 Å². The van der Waals surface area contributed by atoms with Gasteiger partial charge in [0.05, 0.1) is 11.5 Å². The monoisotopic (exact) mass is 273 g/mol. The van der Waals surface area contributed by atoms with E-state index in [2.05, 4.69) is 0 Å². The third kappa shape index (κ3) is 6.75. The van der Waals surface area contributed by atoms with Crippen LogP contribution in [0.5, 0.6) is 0 Å². The van der Waals surface area contributed by atoms with Crippen molar-refractivity contribution in [1.29, 1.82) is 0 Å². The van der Waals surface area contributed by atoms with Gasteiger partial charge in [0.25, 0.3) is 0 Å². The van der Waals surface area contributed by atoms with Crippen molar-refractivity contribution >= 4 is 25.8 Å². The maximum absolute atomic E-state index is 11.3. The first-order valence-electron chi connectivity index (χ1n) is 4.48. The Labute approximate surface area is 94.8 Å². The topological polar surface area (TPSA) is 118 Å². The molecule has 0 amide bonds. The molecular formula is C7H15NO6S2. The van der Waals surface area contributed by atoms with Crippen molar-refractivity contribution in [2.24, 2.45) is 0 Å². The number of sulfonamides is 1. The lowest BCUT2D eigenvalue weighted by molar-refractivity contribution is -0.139. The molecule has 0 radical (unpaired) electrons. The lowest BCUT2D eigenvalue weighted by Crippen LogP contribution is -2.42. The first kappa shape index (κ1) is 15.3. The highest BCUT2D eigenvalue weighted by molar-refractivity contribution is 7.93. The fourth-order valence-electron chi connectivity index (χ4n) is 0.845. The molecule has 96 valence electrons. The molecule has 0 saturated heterocycles. The zero-order valence-corrected chi connectivity index (χ0v) is 10.6. The van der Waals surface area contributed by atoms with Crippen LogP contribution in [-0.2, 0) is 24.7 Å². The molecule has 0 aliphatic rings. The Bertz CT molecular complexity index is 437. The fourth-order valence-corrected chi connectivity index (χ4v) is 3.75. The first-order valence-corrected chi connectivity index (χ1v) is 8.19. The van der Waals surface area contributed by atoms with E-state index in [9.17, 15) is 21.6 Å². The maximum atomic E-state index is 11.3. The average Bonchev–Trinajstić information content (AvgIpc) is 2.10. The zero-order valence-electron chi connectivity index (χ0n) is 9.00. The van der Waals surface area contributed by atoms with Gasteiger partial charge in [-0.2, -0.15) is 0 Å². The Hall–Kier alpha value is -0.670. The molecule has 0 spiro atoms. The molecule has 0 bridgehead atoms. The van der Waals surface area contributed by atoms with E-state index in [-0.39, 0.29) is 6.42 Å². The molecule has 0 rings (SSSR count). The normalized spacial score (nSPS) is 14.6. The molecular weight excluding hydrogens is 258 g/mol. The second-order valence-electron chi connectivity index (χ2n) is 3.37. The summed E-state index contributed by atoms with van der Waals surface area (Å²) in [7, 11) is -7.27. The van der Waals surface area contributed by atoms with Crippen molar-refractivity contribution in [2.45, 2.75) is 19.4 Å². The van der Waals surface area contributed by atoms with Crippen LogP contribution in [0.25, 0.3) is 0 Å². The molecule has 0 unspecified atom stereocenters. The number of aliphatic carboxylic acids is 1. The van der Waals surface area contributed by atoms with Gasteiger partial charge in [-0.25, -0.2) is 21.6 Å². The van der Waals surface area contributed by atoms with Gasteiger partial charge in [0, 0.05) is 6.26 Å². The van der Waals surface area contributed by atoms with Gasteiger partial charge < -0.3 is 5.11 Å². The van der Waals surface area contributed by atoms with Crippen LogP contribution in [0.4, 0.5) is 0 Å². The predicted octanol–water partition coefficient (Wildman–Crippen LogP) is -1.19. The fraction of sp³-hybridized carbons (Fsp3) is 0.857. The molecule has 0 aliphatic carbocycles. The molecule has 0 fully saturated rings. The number of carbonyl (C=O) groups is 1. The highest BCUT2D eigenvalue weighted by Gasteiger charge is 2.23. The summed E-state index contributed by atoms with van der Waals surface area (Å²) < 4.78 is 46.1. The summed E-state index contributed by atoms with van der Waals surface area (Å²) in [4.78, 5) is 10.6. The van der Waals surface area contributed by atoms with Crippen molar-refractivity contribution in [2.75, 3.05) is 17.8 Å². The van der Waals surface area contributed by atoms with Gasteiger partial charge >= 0.3 is 5.97 Å². The van der Waals surface area contributed by atoms with Gasteiger partial charge in [-0.05, 0) is 6.42 Å². The minimum atomic E-state index is -3.88. The summed E-state index contributed by atoms with van der Waals surface area (Å²) >= 11 is 0. The molecule has 0 heterocycles. The summed E-state index contributed by atoms with van der Waals surface area (Å²) in [6.45, 7) is 1.51. The largest absolute Gasteiger partial charge is 0.480 e. The van der Waals surface area contributed by atoms with Crippen molar-refractivity contribution in [3.63, 3.8) is 0 Å². The van der Waals surface area contributed by atoms with E-state index < -0.39 is 43.4 Å². The third-order valence-electron chi connectivity index (χ3n) is 1.75. The van der Waals surface area contributed by atoms with Gasteiger partial charge in [0.2, 0.25) is 10.0 Å². The average molecular weight is 273 g/mol. The molecule has 2 N–H and O–H groups in total. The second-order valence-corrected chi connectivity index (χ2v) is 7.50. The van der Waals surface area contributed by atoms with Crippen LogP contribution in [0.1, 0.15) is 13.3 Å². The predicted molar refractivity (Wildman–Crippen MR) is 58.3 cm³/mol. The van der Waals surface area contributed by atoms with Crippen LogP contribution in [0.2, 0.25) is 0 Å². The third-order valence-corrected chi connectivity index (χ3v) is 4.34. The standard InChI is InChI=1S/C7H15NO6S2/c1-3-6(7(9)10)8-16(13,14)5-4-15(2,11)12/h6,8H,3-5H2,1-2H3,(H,9,10)/t6-/m0/s1. The summed E-state index contributed by atoms with van der Waals surface area (Å²) in [6, 6.07) is -1.22. The molecule has 0 aliphatic heterocycles. The lowest BCUT2D eigenvalue weighted by Gasteiger charge is -2.12. The molecule has 0 aromatic rings. The number of hydrogen-bond donors (Lipinski definition) is 2. The molecule has 7 nitrogen and oxygen atoms in total. The van der Waals surface area contributed by atoms with Crippen LogP contribution in [-0.4, -0.2) is 51.7 Å². The summed E-state index contributed by atoms with van der Waals surface area (Å²) in [6.07, 6.45) is 1.00. The number of nitrogens with one attached hydrogen (secondary N) is 1. The summed E-state index contributed by atoms with van der Waals surface area (Å²) in [5.74, 6) is -2.45. The SMILES string of the molecule is CC[C@H](NS(=O)(=O)CCS(C)(=O)=O)C(=O)O. The minimum absolute atomic E-state index is 0.0907. The number of carboxylic acid groups (broad SMARTS) is 1. The van der Waals surface area contributed by atoms with E-state index in [0.29, 0.717) is 0 Å². The molecule has 0 aromatic carbocycles. The van der Waals surface area contributed by atoms with Crippen molar-refractivity contribution in [3.8, 4) is 0 Å². The Morgan fingerprint density at radius 2 is 1.75 bits per heavy atom. The Morgan fingerprint density at radius 3 is 2.06 bits per heavy atom. The van der Waals surface area contributed by atoms with E-state index in [1.165, 1.54) is 6.92 Å². The lowest BCUT2D eigenvalue weighted by atomic mass is 10.2. The zero-order chi connectivity index (χ0) is 13.0. The molecule has 0 aromatic heterocycles. The number of rotatable bonds is 7. The summed E-state index contributed by atoms with van der Waals surface area (Å²) in [5, 5.41) is 8.62. The van der Waals surface area contributed by atoms with Crippen LogP contribution in [0.15, 0.2) is 0 Å². The van der Waals surface area contributed by atoms with Crippen molar-refractivity contribution in [1.82, 2.24) is 4.72 Å². The van der Waals surface area contributed by atoms with Crippen molar-refractivity contribution in [3.05, 3.63) is 0 Å². The van der Waals surface area contributed by atoms with E-state index in [4.69, 9.17) is 5.11 Å². The number of carboxylic acids is 1. The van der Waals surface area contributed by atoms with Crippen LogP contribution >= 0.6 is 0 Å². The first-order chi connectivity index (χ1) is 7.07. The molecule has 0 saturated carbocycles. The van der Waals surface area contributed by atoms with Crippen LogP contribution < -0.4 is 4.72 Å². The number of sulfone groups is 1. The highest BCUT2D eigenvalue weighted by atomic mass is 32.2. The smallest absolute Gasteiger partial charge is 0.321 e. The van der Waals surface area contributed by atoms with E-state index in [0.717, 1.165) is 6.26 Å². The van der Waals surface area contributed by atoms with Crippen LogP contribution in [0.3, 0.4) is 0 Å². The summed E-state index contributed by atoms with van der Waals surface area (Å²) in [5.41, 5.74) is 0.